The van der Waals surface area contributed by atoms with Crippen LogP contribution in [0.15, 0.2) is 0 Å². The van der Waals surface area contributed by atoms with E-state index in [1.165, 1.54) is 64.5 Å². The van der Waals surface area contributed by atoms with Crippen molar-refractivity contribution in [1.29, 1.82) is 5.26 Å². The predicted molar refractivity (Wildman–Crippen MR) is 93.6 cm³/mol. The molecule has 2 fully saturated rings. The number of piperidine rings is 1. The van der Waals surface area contributed by atoms with E-state index in [0.717, 1.165) is 37.6 Å². The van der Waals surface area contributed by atoms with Crippen LogP contribution in [-0.4, -0.2) is 24.0 Å². The molecule has 2 rings (SSSR count). The number of nitrogens with zero attached hydrogens (tertiary/aromatic N) is 2. The van der Waals surface area contributed by atoms with Crippen molar-refractivity contribution in [2.45, 2.75) is 96.9 Å². The lowest BCUT2D eigenvalue weighted by molar-refractivity contribution is 0.0760. The third-order valence-corrected chi connectivity index (χ3v) is 6.26. The molecule has 0 aromatic rings. The van der Waals surface area contributed by atoms with Gasteiger partial charge < -0.3 is 4.90 Å². The highest BCUT2D eigenvalue weighted by Gasteiger charge is 2.37. The molecule has 0 spiro atoms. The van der Waals surface area contributed by atoms with Gasteiger partial charge in [0, 0.05) is 6.04 Å². The smallest absolute Gasteiger partial charge is 0.0689 e. The minimum Gasteiger partial charge on any atom is -0.300 e. The molecular weight excluding hydrogens is 268 g/mol. The van der Waals surface area contributed by atoms with Gasteiger partial charge in [0.05, 0.1) is 11.5 Å². The summed E-state index contributed by atoms with van der Waals surface area (Å²) in [5.41, 5.74) is 0.0176. The second-order valence-corrected chi connectivity index (χ2v) is 7.85. The summed E-state index contributed by atoms with van der Waals surface area (Å²) in [6, 6.07) is 3.43. The Morgan fingerprint density at radius 2 is 1.68 bits per heavy atom. The van der Waals surface area contributed by atoms with E-state index in [0.29, 0.717) is 0 Å². The summed E-state index contributed by atoms with van der Waals surface area (Å²) in [4.78, 5) is 2.75. The molecule has 0 atom stereocenters. The quantitative estimate of drug-likeness (QED) is 0.578. The van der Waals surface area contributed by atoms with Gasteiger partial charge in [0.25, 0.3) is 0 Å². The normalized spacial score (nSPS) is 31.0. The van der Waals surface area contributed by atoms with Gasteiger partial charge in [-0.2, -0.15) is 5.26 Å². The molecule has 0 bridgehead atoms. The Labute approximate surface area is 138 Å². The Balaban J connectivity index is 1.71. The minimum atomic E-state index is 0.0176. The van der Waals surface area contributed by atoms with Gasteiger partial charge in [0.1, 0.15) is 0 Å². The fraction of sp³-hybridized carbons (Fsp3) is 0.950. The van der Waals surface area contributed by atoms with Crippen molar-refractivity contribution in [3.8, 4) is 6.07 Å². The number of rotatable bonds is 7. The van der Waals surface area contributed by atoms with Gasteiger partial charge in [0.15, 0.2) is 0 Å². The van der Waals surface area contributed by atoms with E-state index in [9.17, 15) is 5.26 Å². The average molecular weight is 305 g/mol. The first kappa shape index (κ1) is 17.8. The van der Waals surface area contributed by atoms with E-state index in [1.807, 2.05) is 0 Å². The first-order valence-electron chi connectivity index (χ1n) is 9.88. The Morgan fingerprint density at radius 1 is 1.00 bits per heavy atom. The molecule has 1 aliphatic carbocycles. The molecule has 0 aromatic heterocycles. The van der Waals surface area contributed by atoms with Crippen molar-refractivity contribution >= 4 is 0 Å². The highest BCUT2D eigenvalue weighted by Crippen LogP contribution is 2.41. The van der Waals surface area contributed by atoms with Crippen molar-refractivity contribution in [3.05, 3.63) is 0 Å². The van der Waals surface area contributed by atoms with Crippen LogP contribution in [0.5, 0.6) is 0 Å². The van der Waals surface area contributed by atoms with Crippen molar-refractivity contribution in [1.82, 2.24) is 4.90 Å². The lowest BCUT2D eigenvalue weighted by atomic mass is 9.70. The molecule has 0 amide bonds. The zero-order chi connectivity index (χ0) is 15.8. The molecule has 2 nitrogen and oxygen atoms in total. The lowest BCUT2D eigenvalue weighted by Gasteiger charge is -2.43. The number of nitriles is 1. The van der Waals surface area contributed by atoms with E-state index in [1.54, 1.807) is 0 Å². The number of unbranched alkanes of at least 4 members (excludes halogenated alkanes) is 2. The standard InChI is InChI=1S/C20H36N2/c1-3-5-6-7-18-10-15-22(16-11-18)19-8-13-20(17-21,12-4-2)14-9-19/h18-19H,3-16H2,1-2H3. The summed E-state index contributed by atoms with van der Waals surface area (Å²) in [5, 5.41) is 9.54. The lowest BCUT2D eigenvalue weighted by Crippen LogP contribution is -2.44. The number of likely N-dealkylation sites (tertiary alicyclic amines) is 1. The molecule has 126 valence electrons. The highest BCUT2D eigenvalue weighted by molar-refractivity contribution is 5.02. The maximum absolute atomic E-state index is 9.54. The largest absolute Gasteiger partial charge is 0.300 e. The maximum atomic E-state index is 9.54. The van der Waals surface area contributed by atoms with Crippen molar-refractivity contribution in [3.63, 3.8) is 0 Å². The molecule has 0 unspecified atom stereocenters. The van der Waals surface area contributed by atoms with Crippen LogP contribution >= 0.6 is 0 Å². The van der Waals surface area contributed by atoms with Crippen molar-refractivity contribution < 1.29 is 0 Å². The fourth-order valence-electron chi connectivity index (χ4n) is 4.71. The summed E-state index contributed by atoms with van der Waals surface area (Å²) in [6.07, 6.45) is 15.5. The van der Waals surface area contributed by atoms with Crippen LogP contribution in [0, 0.1) is 22.7 Å². The zero-order valence-corrected chi connectivity index (χ0v) is 14.9. The molecular formula is C20H36N2. The molecule has 1 saturated carbocycles. The predicted octanol–water partition coefficient (Wildman–Crippen LogP) is 5.53. The minimum absolute atomic E-state index is 0.0176. The second-order valence-electron chi connectivity index (χ2n) is 7.85. The molecule has 0 aromatic carbocycles. The van der Waals surface area contributed by atoms with Crippen molar-refractivity contribution in [2.75, 3.05) is 13.1 Å². The Hall–Kier alpha value is -0.550. The first-order chi connectivity index (χ1) is 10.7. The topological polar surface area (TPSA) is 27.0 Å². The van der Waals surface area contributed by atoms with E-state index in [4.69, 9.17) is 0 Å². The molecule has 0 N–H and O–H groups in total. The van der Waals surface area contributed by atoms with Crippen LogP contribution in [0.3, 0.4) is 0 Å². The summed E-state index contributed by atoms with van der Waals surface area (Å²) in [7, 11) is 0. The SMILES string of the molecule is CCCCCC1CCN(C2CCC(C#N)(CCC)CC2)CC1. The molecule has 0 radical (unpaired) electrons. The van der Waals surface area contributed by atoms with Gasteiger partial charge in [-0.3, -0.25) is 0 Å². The Morgan fingerprint density at radius 3 is 2.23 bits per heavy atom. The monoisotopic (exact) mass is 304 g/mol. The Kier molecular flexibility index (Phi) is 7.22. The van der Waals surface area contributed by atoms with Crippen LogP contribution in [0.2, 0.25) is 0 Å². The average Bonchev–Trinajstić information content (AvgIpc) is 2.57. The van der Waals surface area contributed by atoms with E-state index < -0.39 is 0 Å². The van der Waals surface area contributed by atoms with Crippen LogP contribution in [0.25, 0.3) is 0 Å². The summed E-state index contributed by atoms with van der Waals surface area (Å²) in [5.74, 6) is 0.990. The van der Waals surface area contributed by atoms with Gasteiger partial charge >= 0.3 is 0 Å². The summed E-state index contributed by atoms with van der Waals surface area (Å²) < 4.78 is 0. The summed E-state index contributed by atoms with van der Waals surface area (Å²) in [6.45, 7) is 7.14. The number of hydrogen-bond acceptors (Lipinski definition) is 2. The van der Waals surface area contributed by atoms with Gasteiger partial charge in [-0.1, -0.05) is 46.0 Å². The second kappa shape index (κ2) is 8.92. The van der Waals surface area contributed by atoms with Gasteiger partial charge in [-0.05, 0) is 64.0 Å². The fourth-order valence-corrected chi connectivity index (χ4v) is 4.71. The van der Waals surface area contributed by atoms with Gasteiger partial charge in [-0.15, -0.1) is 0 Å². The molecule has 1 aliphatic heterocycles. The number of hydrogen-bond donors (Lipinski definition) is 0. The van der Waals surface area contributed by atoms with Crippen LogP contribution in [0.1, 0.15) is 90.9 Å². The van der Waals surface area contributed by atoms with Gasteiger partial charge in [-0.25, -0.2) is 0 Å². The molecule has 2 heteroatoms. The van der Waals surface area contributed by atoms with Crippen LogP contribution < -0.4 is 0 Å². The molecule has 1 heterocycles. The Bertz CT molecular complexity index is 341. The zero-order valence-electron chi connectivity index (χ0n) is 14.9. The maximum Gasteiger partial charge on any atom is 0.0689 e. The van der Waals surface area contributed by atoms with Gasteiger partial charge in [0.2, 0.25) is 0 Å². The first-order valence-corrected chi connectivity index (χ1v) is 9.88. The van der Waals surface area contributed by atoms with E-state index >= 15 is 0 Å². The molecule has 22 heavy (non-hydrogen) atoms. The molecule has 1 saturated heterocycles. The highest BCUT2D eigenvalue weighted by atomic mass is 15.2. The van der Waals surface area contributed by atoms with Crippen molar-refractivity contribution in [2.24, 2.45) is 11.3 Å². The third kappa shape index (κ3) is 4.72. The van der Waals surface area contributed by atoms with Crippen LogP contribution in [0.4, 0.5) is 0 Å². The van der Waals surface area contributed by atoms with E-state index in [2.05, 4.69) is 24.8 Å². The van der Waals surface area contributed by atoms with E-state index in [-0.39, 0.29) is 5.41 Å². The summed E-state index contributed by atoms with van der Waals surface area (Å²) >= 11 is 0. The van der Waals surface area contributed by atoms with Crippen LogP contribution in [-0.2, 0) is 0 Å². The molecule has 2 aliphatic rings. The third-order valence-electron chi connectivity index (χ3n) is 6.26.